The van der Waals surface area contributed by atoms with Gasteiger partial charge >= 0.3 is 0 Å². The Hall–Kier alpha value is -1.95. The smallest absolute Gasteiger partial charge is 0.256 e. The fraction of sp³-hybridized carbons (Fsp3) is 0.591. The minimum atomic E-state index is -0.516. The Bertz CT molecular complexity index is 919. The number of halogens is 2. The number of hydrogen-bond donors (Lipinski definition) is 0. The van der Waals surface area contributed by atoms with Crippen molar-refractivity contribution in [2.75, 3.05) is 13.1 Å². The van der Waals surface area contributed by atoms with E-state index in [0.29, 0.717) is 18.1 Å². The summed E-state index contributed by atoms with van der Waals surface area (Å²) in [5, 5.41) is 9.09. The van der Waals surface area contributed by atoms with Gasteiger partial charge in [0.25, 0.3) is 5.91 Å². The average Bonchev–Trinajstić information content (AvgIpc) is 3.31. The Labute approximate surface area is 175 Å². The largest absolute Gasteiger partial charge is 0.337 e. The van der Waals surface area contributed by atoms with Crippen LogP contribution in [-0.2, 0) is 6.54 Å². The van der Waals surface area contributed by atoms with Crippen molar-refractivity contribution in [2.45, 2.75) is 57.4 Å². The van der Waals surface area contributed by atoms with E-state index in [1.807, 2.05) is 11.2 Å². The lowest BCUT2D eigenvalue weighted by molar-refractivity contribution is 0.0753. The van der Waals surface area contributed by atoms with Crippen LogP contribution in [0.4, 0.5) is 4.39 Å². The Kier molecular flexibility index (Phi) is 4.85. The lowest BCUT2D eigenvalue weighted by Crippen LogP contribution is -2.35. The summed E-state index contributed by atoms with van der Waals surface area (Å²) in [5.74, 6) is 1.09. The summed E-state index contributed by atoms with van der Waals surface area (Å²) in [6, 6.07) is 4.19. The second-order valence-corrected chi connectivity index (χ2v) is 9.51. The van der Waals surface area contributed by atoms with Gasteiger partial charge in [0.1, 0.15) is 18.0 Å². The molecule has 1 spiro atoms. The lowest BCUT2D eigenvalue weighted by Gasteiger charge is -2.37. The van der Waals surface area contributed by atoms with Gasteiger partial charge in [0.05, 0.1) is 5.56 Å². The summed E-state index contributed by atoms with van der Waals surface area (Å²) in [6.07, 6.45) is 10.1. The van der Waals surface area contributed by atoms with Crippen molar-refractivity contribution >= 4 is 17.5 Å². The second kappa shape index (κ2) is 7.38. The molecule has 5 nitrogen and oxygen atoms in total. The van der Waals surface area contributed by atoms with Crippen LogP contribution in [0.25, 0.3) is 0 Å². The molecule has 1 saturated heterocycles. The van der Waals surface area contributed by atoms with E-state index in [1.54, 1.807) is 0 Å². The van der Waals surface area contributed by atoms with Crippen molar-refractivity contribution in [1.29, 1.82) is 0 Å². The minimum absolute atomic E-state index is 0.0112. The average molecular weight is 417 g/mol. The van der Waals surface area contributed by atoms with Crippen LogP contribution in [0.5, 0.6) is 0 Å². The third kappa shape index (κ3) is 3.56. The molecule has 1 unspecified atom stereocenters. The first kappa shape index (κ1) is 19.0. The van der Waals surface area contributed by atoms with Crippen LogP contribution in [0.3, 0.4) is 0 Å². The molecule has 2 aliphatic carbocycles. The van der Waals surface area contributed by atoms with Crippen LogP contribution in [-0.4, -0.2) is 38.7 Å². The summed E-state index contributed by atoms with van der Waals surface area (Å²) >= 11 is 6.04. The summed E-state index contributed by atoms with van der Waals surface area (Å²) < 4.78 is 16.6. The van der Waals surface area contributed by atoms with Crippen LogP contribution in [0.1, 0.15) is 67.0 Å². The molecule has 1 aliphatic heterocycles. The molecule has 1 amide bonds. The number of amides is 1. The van der Waals surface area contributed by atoms with E-state index in [1.165, 1.54) is 50.3 Å². The van der Waals surface area contributed by atoms with Gasteiger partial charge in [0.15, 0.2) is 0 Å². The van der Waals surface area contributed by atoms with Gasteiger partial charge in [-0.2, -0.15) is 0 Å². The van der Waals surface area contributed by atoms with E-state index in [4.69, 9.17) is 11.6 Å². The predicted molar refractivity (Wildman–Crippen MR) is 108 cm³/mol. The summed E-state index contributed by atoms with van der Waals surface area (Å²) in [5.41, 5.74) is 0.0701. The van der Waals surface area contributed by atoms with Gasteiger partial charge in [-0.1, -0.05) is 30.9 Å². The lowest BCUT2D eigenvalue weighted by atomic mass is 9.67. The molecule has 1 aromatic heterocycles. The number of benzene rings is 1. The molecule has 1 aromatic carbocycles. The van der Waals surface area contributed by atoms with E-state index in [9.17, 15) is 9.18 Å². The van der Waals surface area contributed by atoms with E-state index >= 15 is 0 Å². The van der Waals surface area contributed by atoms with Gasteiger partial charge in [-0.3, -0.25) is 4.79 Å². The molecule has 2 aromatic rings. The van der Waals surface area contributed by atoms with Crippen molar-refractivity contribution in [2.24, 2.45) is 11.3 Å². The first-order valence-electron chi connectivity index (χ1n) is 10.7. The molecule has 2 heterocycles. The summed E-state index contributed by atoms with van der Waals surface area (Å²) in [4.78, 5) is 15.0. The zero-order valence-electron chi connectivity index (χ0n) is 16.5. The summed E-state index contributed by atoms with van der Waals surface area (Å²) in [7, 11) is 0. The van der Waals surface area contributed by atoms with Gasteiger partial charge in [0.2, 0.25) is 0 Å². The number of aromatic nitrogens is 3. The van der Waals surface area contributed by atoms with Crippen LogP contribution in [0.15, 0.2) is 24.5 Å². The molecule has 3 aliphatic rings. The van der Waals surface area contributed by atoms with Crippen molar-refractivity contribution in [3.05, 3.63) is 46.8 Å². The Balaban J connectivity index is 1.47. The molecule has 1 atom stereocenters. The Morgan fingerprint density at radius 3 is 2.79 bits per heavy atom. The highest BCUT2D eigenvalue weighted by molar-refractivity contribution is 6.31. The third-order valence-corrected chi connectivity index (χ3v) is 7.29. The maximum Gasteiger partial charge on any atom is 0.256 e. The van der Waals surface area contributed by atoms with Crippen LogP contribution < -0.4 is 0 Å². The molecule has 0 N–H and O–H groups in total. The molecular weight excluding hydrogens is 391 g/mol. The minimum Gasteiger partial charge on any atom is -0.337 e. The van der Waals surface area contributed by atoms with Gasteiger partial charge in [-0.15, -0.1) is 10.2 Å². The fourth-order valence-electron chi connectivity index (χ4n) is 5.33. The molecule has 0 radical (unpaired) electrons. The molecule has 29 heavy (non-hydrogen) atoms. The maximum atomic E-state index is 14.4. The topological polar surface area (TPSA) is 51.0 Å². The first-order valence-corrected chi connectivity index (χ1v) is 11.1. The molecule has 154 valence electrons. The van der Waals surface area contributed by atoms with E-state index in [0.717, 1.165) is 31.1 Å². The molecule has 2 saturated carbocycles. The Morgan fingerprint density at radius 1 is 1.24 bits per heavy atom. The maximum absolute atomic E-state index is 14.4. The monoisotopic (exact) mass is 416 g/mol. The number of nitrogens with zero attached hydrogens (tertiary/aromatic N) is 4. The molecule has 0 bridgehead atoms. The van der Waals surface area contributed by atoms with Crippen molar-refractivity contribution in [3.8, 4) is 0 Å². The number of rotatable bonds is 4. The van der Waals surface area contributed by atoms with Crippen molar-refractivity contribution in [1.82, 2.24) is 19.7 Å². The highest BCUT2D eigenvalue weighted by Crippen LogP contribution is 2.52. The highest BCUT2D eigenvalue weighted by atomic mass is 35.5. The SMILES string of the molecule is O=C(c1cc(Cl)ccc1F)N1CC(c2nncn2CC2CC2)C2(CCCCC2)C1. The molecule has 3 fully saturated rings. The van der Waals surface area contributed by atoms with Gasteiger partial charge in [-0.25, -0.2) is 4.39 Å². The van der Waals surface area contributed by atoms with Crippen LogP contribution in [0, 0.1) is 17.2 Å². The van der Waals surface area contributed by atoms with Gasteiger partial charge < -0.3 is 9.47 Å². The Morgan fingerprint density at radius 2 is 2.03 bits per heavy atom. The molecule has 7 heteroatoms. The van der Waals surface area contributed by atoms with E-state index in [-0.39, 0.29) is 22.8 Å². The normalized spacial score (nSPS) is 23.7. The number of hydrogen-bond acceptors (Lipinski definition) is 3. The second-order valence-electron chi connectivity index (χ2n) is 9.07. The van der Waals surface area contributed by atoms with Gasteiger partial charge in [-0.05, 0) is 55.2 Å². The molecular formula is C22H26ClFN4O. The van der Waals surface area contributed by atoms with Crippen LogP contribution in [0.2, 0.25) is 5.02 Å². The van der Waals surface area contributed by atoms with E-state index in [2.05, 4.69) is 14.8 Å². The summed E-state index contributed by atoms with van der Waals surface area (Å²) in [6.45, 7) is 2.18. The van der Waals surface area contributed by atoms with Crippen molar-refractivity contribution in [3.63, 3.8) is 0 Å². The fourth-order valence-corrected chi connectivity index (χ4v) is 5.50. The standard InChI is InChI=1S/C22H26ClFN4O/c23-16-6-7-19(24)17(10-16)21(29)27-12-18(22(13-27)8-2-1-3-9-22)20-26-25-14-28(20)11-15-4-5-15/h6-7,10,14-15,18H,1-5,8-9,11-13H2. The quantitative estimate of drug-likeness (QED) is 0.727. The molecule has 5 rings (SSSR count). The zero-order chi connectivity index (χ0) is 20.0. The number of carbonyl (C=O) groups is 1. The number of carbonyl (C=O) groups excluding carboxylic acids is 1. The number of likely N-dealkylation sites (tertiary alicyclic amines) is 1. The van der Waals surface area contributed by atoms with Crippen molar-refractivity contribution < 1.29 is 9.18 Å². The van der Waals surface area contributed by atoms with E-state index < -0.39 is 5.82 Å². The van der Waals surface area contributed by atoms with Crippen LogP contribution >= 0.6 is 11.6 Å². The predicted octanol–water partition coefficient (Wildman–Crippen LogP) is 4.67. The third-order valence-electron chi connectivity index (χ3n) is 7.05. The zero-order valence-corrected chi connectivity index (χ0v) is 17.2. The first-order chi connectivity index (χ1) is 14.1. The van der Waals surface area contributed by atoms with Gasteiger partial charge in [0, 0.05) is 30.6 Å². The highest BCUT2D eigenvalue weighted by Gasteiger charge is 2.51.